The zero-order valence-corrected chi connectivity index (χ0v) is 12.5. The molecule has 0 spiro atoms. The first-order valence-corrected chi connectivity index (χ1v) is 7.72. The van der Waals surface area contributed by atoms with Gasteiger partial charge in [-0.05, 0) is 24.8 Å². The Labute approximate surface area is 118 Å². The van der Waals surface area contributed by atoms with Crippen molar-refractivity contribution in [3.63, 3.8) is 0 Å². The van der Waals surface area contributed by atoms with E-state index in [4.69, 9.17) is 0 Å². The van der Waals surface area contributed by atoms with Crippen LogP contribution in [-0.4, -0.2) is 37.1 Å². The molecule has 0 radical (unpaired) electrons. The number of anilines is 2. The maximum atomic E-state index is 11.3. The van der Waals surface area contributed by atoms with Gasteiger partial charge in [0.05, 0.1) is 4.92 Å². The standard InChI is InChI=1S/C13H21N3O2S/c1-4-8-14-11-6-5-7-12(13(11)16(17)18)15(2)9-10-19-3/h5-7,14H,4,8-10H2,1-3H3. The Morgan fingerprint density at radius 2 is 2.21 bits per heavy atom. The molecule has 0 atom stereocenters. The summed E-state index contributed by atoms with van der Waals surface area (Å²) in [4.78, 5) is 13.0. The lowest BCUT2D eigenvalue weighted by molar-refractivity contribution is -0.383. The Morgan fingerprint density at radius 3 is 2.79 bits per heavy atom. The molecule has 0 bridgehead atoms. The number of hydrogen-bond acceptors (Lipinski definition) is 5. The van der Waals surface area contributed by atoms with E-state index in [-0.39, 0.29) is 10.6 Å². The van der Waals surface area contributed by atoms with Crippen LogP contribution in [0.2, 0.25) is 0 Å². The summed E-state index contributed by atoms with van der Waals surface area (Å²) in [6.07, 6.45) is 2.96. The van der Waals surface area contributed by atoms with Crippen LogP contribution in [0.4, 0.5) is 17.1 Å². The molecule has 1 rings (SSSR count). The van der Waals surface area contributed by atoms with E-state index in [1.165, 1.54) is 0 Å². The molecule has 0 aromatic heterocycles. The van der Waals surface area contributed by atoms with Crippen molar-refractivity contribution in [2.75, 3.05) is 42.4 Å². The quantitative estimate of drug-likeness (QED) is 0.586. The van der Waals surface area contributed by atoms with E-state index in [1.807, 2.05) is 31.2 Å². The van der Waals surface area contributed by atoms with Crippen LogP contribution in [0.3, 0.4) is 0 Å². The van der Waals surface area contributed by atoms with E-state index in [2.05, 4.69) is 5.32 Å². The van der Waals surface area contributed by atoms with Gasteiger partial charge >= 0.3 is 5.69 Å². The number of hydrogen-bond donors (Lipinski definition) is 1. The van der Waals surface area contributed by atoms with E-state index in [0.29, 0.717) is 11.4 Å². The van der Waals surface area contributed by atoms with Gasteiger partial charge < -0.3 is 10.2 Å². The van der Waals surface area contributed by atoms with Gasteiger partial charge in [-0.3, -0.25) is 10.1 Å². The summed E-state index contributed by atoms with van der Waals surface area (Å²) in [5, 5.41) is 14.4. The van der Waals surface area contributed by atoms with Gasteiger partial charge in [0.25, 0.3) is 0 Å². The highest BCUT2D eigenvalue weighted by molar-refractivity contribution is 7.98. The van der Waals surface area contributed by atoms with Crippen molar-refractivity contribution in [1.29, 1.82) is 0 Å². The number of nitrogens with one attached hydrogen (secondary N) is 1. The molecule has 0 unspecified atom stereocenters. The first-order valence-electron chi connectivity index (χ1n) is 6.33. The third-order valence-electron chi connectivity index (χ3n) is 2.80. The number of rotatable bonds is 8. The molecule has 5 nitrogen and oxygen atoms in total. The van der Waals surface area contributed by atoms with Crippen LogP contribution < -0.4 is 10.2 Å². The first kappa shape index (κ1) is 15.6. The van der Waals surface area contributed by atoms with Gasteiger partial charge in [0.2, 0.25) is 0 Å². The summed E-state index contributed by atoms with van der Waals surface area (Å²) < 4.78 is 0. The molecule has 1 aromatic carbocycles. The predicted octanol–water partition coefficient (Wildman–Crippen LogP) is 3.22. The van der Waals surface area contributed by atoms with Crippen molar-refractivity contribution in [1.82, 2.24) is 0 Å². The molecule has 106 valence electrons. The van der Waals surface area contributed by atoms with Crippen LogP contribution in [0.5, 0.6) is 0 Å². The summed E-state index contributed by atoms with van der Waals surface area (Å²) >= 11 is 1.73. The van der Waals surface area contributed by atoms with Gasteiger partial charge in [0.15, 0.2) is 0 Å². The molecular weight excluding hydrogens is 262 g/mol. The van der Waals surface area contributed by atoms with Crippen molar-refractivity contribution >= 4 is 28.8 Å². The fourth-order valence-corrected chi connectivity index (χ4v) is 2.24. The zero-order chi connectivity index (χ0) is 14.3. The summed E-state index contributed by atoms with van der Waals surface area (Å²) in [5.41, 5.74) is 1.43. The highest BCUT2D eigenvalue weighted by atomic mass is 32.2. The van der Waals surface area contributed by atoms with Crippen molar-refractivity contribution in [3.05, 3.63) is 28.3 Å². The molecule has 1 aromatic rings. The van der Waals surface area contributed by atoms with E-state index in [9.17, 15) is 10.1 Å². The van der Waals surface area contributed by atoms with Crippen molar-refractivity contribution in [2.45, 2.75) is 13.3 Å². The van der Waals surface area contributed by atoms with Gasteiger partial charge in [-0.25, -0.2) is 0 Å². The van der Waals surface area contributed by atoms with Gasteiger partial charge in [-0.15, -0.1) is 0 Å². The summed E-state index contributed by atoms with van der Waals surface area (Å²) in [6.45, 7) is 3.56. The van der Waals surface area contributed by atoms with Crippen LogP contribution in [0.1, 0.15) is 13.3 Å². The molecule has 0 aliphatic carbocycles. The summed E-state index contributed by atoms with van der Waals surface area (Å²) in [6, 6.07) is 5.42. The minimum Gasteiger partial charge on any atom is -0.379 e. The maximum absolute atomic E-state index is 11.3. The second-order valence-corrected chi connectivity index (χ2v) is 5.26. The summed E-state index contributed by atoms with van der Waals surface area (Å²) in [7, 11) is 1.89. The first-order chi connectivity index (χ1) is 9.11. The Kier molecular flexibility index (Phi) is 6.49. The second kappa shape index (κ2) is 7.89. The average molecular weight is 283 g/mol. The number of benzene rings is 1. The highest BCUT2D eigenvalue weighted by Crippen LogP contribution is 2.34. The van der Waals surface area contributed by atoms with Gasteiger partial charge in [0, 0.05) is 25.9 Å². The molecule has 0 heterocycles. The lowest BCUT2D eigenvalue weighted by Crippen LogP contribution is -2.21. The molecule has 6 heteroatoms. The molecular formula is C13H21N3O2S. The molecule has 0 saturated carbocycles. The Bertz CT molecular complexity index is 426. The van der Waals surface area contributed by atoms with Crippen molar-refractivity contribution < 1.29 is 4.92 Å². The Hall–Kier alpha value is -1.43. The van der Waals surface area contributed by atoms with E-state index in [0.717, 1.165) is 25.3 Å². The predicted molar refractivity (Wildman–Crippen MR) is 83.5 cm³/mol. The molecule has 1 N–H and O–H groups in total. The molecule has 0 fully saturated rings. The van der Waals surface area contributed by atoms with E-state index in [1.54, 1.807) is 23.9 Å². The SMILES string of the molecule is CCCNc1cccc(N(C)CCSC)c1[N+](=O)[O-]. The number of para-hydroxylation sites is 1. The average Bonchev–Trinajstić information content (AvgIpc) is 2.41. The van der Waals surface area contributed by atoms with Crippen molar-refractivity contribution in [3.8, 4) is 0 Å². The fourth-order valence-electron chi connectivity index (χ4n) is 1.78. The van der Waals surface area contributed by atoms with Crippen LogP contribution >= 0.6 is 11.8 Å². The largest absolute Gasteiger partial charge is 0.379 e. The van der Waals surface area contributed by atoms with Gasteiger partial charge in [0.1, 0.15) is 11.4 Å². The molecule has 0 aliphatic heterocycles. The van der Waals surface area contributed by atoms with Gasteiger partial charge in [-0.2, -0.15) is 11.8 Å². The zero-order valence-electron chi connectivity index (χ0n) is 11.7. The van der Waals surface area contributed by atoms with E-state index < -0.39 is 0 Å². The Balaban J connectivity index is 3.05. The van der Waals surface area contributed by atoms with E-state index >= 15 is 0 Å². The van der Waals surface area contributed by atoms with Crippen LogP contribution in [-0.2, 0) is 0 Å². The Morgan fingerprint density at radius 1 is 1.47 bits per heavy atom. The smallest absolute Gasteiger partial charge is 0.315 e. The van der Waals surface area contributed by atoms with Gasteiger partial charge in [-0.1, -0.05) is 13.0 Å². The highest BCUT2D eigenvalue weighted by Gasteiger charge is 2.21. The topological polar surface area (TPSA) is 58.4 Å². The van der Waals surface area contributed by atoms with Crippen molar-refractivity contribution in [2.24, 2.45) is 0 Å². The number of nitro groups is 1. The fraction of sp³-hybridized carbons (Fsp3) is 0.538. The molecule has 0 saturated heterocycles. The number of nitro benzene ring substituents is 1. The minimum absolute atomic E-state index is 0.166. The lowest BCUT2D eigenvalue weighted by atomic mass is 10.2. The third kappa shape index (κ3) is 4.31. The number of nitrogens with zero attached hydrogens (tertiary/aromatic N) is 2. The number of thioether (sulfide) groups is 1. The van der Waals surface area contributed by atoms with Crippen LogP contribution in [0.25, 0.3) is 0 Å². The molecule has 0 amide bonds. The maximum Gasteiger partial charge on any atom is 0.315 e. The molecule has 19 heavy (non-hydrogen) atoms. The minimum atomic E-state index is -0.303. The normalized spacial score (nSPS) is 10.3. The van der Waals surface area contributed by atoms with Crippen LogP contribution in [0.15, 0.2) is 18.2 Å². The van der Waals surface area contributed by atoms with Crippen LogP contribution in [0, 0.1) is 10.1 Å². The monoisotopic (exact) mass is 283 g/mol. The third-order valence-corrected chi connectivity index (χ3v) is 3.40. The lowest BCUT2D eigenvalue weighted by Gasteiger charge is -2.20. The molecule has 0 aliphatic rings. The second-order valence-electron chi connectivity index (χ2n) is 4.27. The summed E-state index contributed by atoms with van der Waals surface area (Å²) in [5.74, 6) is 0.945.